The molecule has 0 aliphatic carbocycles. The molecule has 2 aromatic rings. The number of fused-ring (bicyclic) bond motifs is 3. The Kier molecular flexibility index (Phi) is 5.35. The first-order valence-corrected chi connectivity index (χ1v) is 11.9. The first-order valence-electron chi connectivity index (χ1n) is 11.9. The summed E-state index contributed by atoms with van der Waals surface area (Å²) >= 11 is 0. The van der Waals surface area contributed by atoms with Crippen molar-refractivity contribution in [2.75, 3.05) is 33.2 Å². The Labute approximate surface area is 195 Å². The number of imide groups is 1. The second-order valence-electron chi connectivity index (χ2n) is 9.50. The maximum Gasteiger partial charge on any atom is 0.407 e. The van der Waals surface area contributed by atoms with Gasteiger partial charge in [0.1, 0.15) is 17.1 Å². The highest BCUT2D eigenvalue weighted by Gasteiger charge is 2.54. The molecule has 0 saturated carbocycles. The number of carbonyl (C=O) groups is 2. The summed E-state index contributed by atoms with van der Waals surface area (Å²) in [6.07, 6.45) is 3.63. The van der Waals surface area contributed by atoms with Crippen LogP contribution in [0.4, 0.5) is 10.7 Å². The van der Waals surface area contributed by atoms with E-state index in [1.807, 2.05) is 17.6 Å². The number of aromatic nitrogens is 2. The van der Waals surface area contributed by atoms with Gasteiger partial charge in [0.2, 0.25) is 11.9 Å². The van der Waals surface area contributed by atoms with Crippen LogP contribution in [0, 0.1) is 27.7 Å². The van der Waals surface area contributed by atoms with Crippen molar-refractivity contribution < 1.29 is 14.2 Å². The Balaban J connectivity index is 1.53. The summed E-state index contributed by atoms with van der Waals surface area (Å²) in [5, 5.41) is 0. The number of aliphatic imine (C=N–C) groups is 1. The Bertz CT molecular complexity index is 1170. The smallest absolute Gasteiger partial charge is 0.302 e. The van der Waals surface area contributed by atoms with Gasteiger partial charge in [-0.15, -0.1) is 0 Å². The number of hydrogen-bond acceptors (Lipinski definition) is 4. The third-order valence-corrected chi connectivity index (χ3v) is 7.62. The van der Waals surface area contributed by atoms with Crippen molar-refractivity contribution >= 4 is 23.7 Å². The maximum absolute atomic E-state index is 13.7. The van der Waals surface area contributed by atoms with E-state index in [0.29, 0.717) is 18.3 Å². The minimum Gasteiger partial charge on any atom is -0.302 e. The molecule has 1 aromatic heterocycles. The molecule has 5 rings (SSSR count). The number of likely N-dealkylation sites (tertiary alicyclic amines) is 1. The Morgan fingerprint density at radius 2 is 1.76 bits per heavy atom. The number of urea groups is 1. The lowest BCUT2D eigenvalue weighted by atomic mass is 10.1. The number of carbonyl (C=O) groups excluding carboxylic acids is 2. The zero-order valence-corrected chi connectivity index (χ0v) is 20.3. The standard InChI is InChI=1S/C25H33N6O2/c1-16-10-9-11-20(17(16)2)30-18(3)19(4)31-21-22(26-24(30)31)27(5)25(33)29(23(21)32)15-14-28-12-7-6-8-13-28/h9-11,21H,6-8,12-15H2,1-5H3/q+1. The van der Waals surface area contributed by atoms with E-state index in [1.54, 1.807) is 11.9 Å². The average Bonchev–Trinajstić information content (AvgIpc) is 3.31. The molecule has 0 bridgehead atoms. The SMILES string of the molecule is Cc1cccc(-n2c(C)c(C)[n+]3c2N=C2C3C(=O)N(CCN3CCCCC3)C(=O)N2C)c1C. The van der Waals surface area contributed by atoms with Crippen molar-refractivity contribution in [2.45, 2.75) is 53.0 Å². The summed E-state index contributed by atoms with van der Waals surface area (Å²) in [5.41, 5.74) is 5.46. The van der Waals surface area contributed by atoms with Gasteiger partial charge in [-0.2, -0.15) is 4.57 Å². The molecule has 2 saturated heterocycles. The van der Waals surface area contributed by atoms with Crippen molar-refractivity contribution in [1.29, 1.82) is 0 Å². The van der Waals surface area contributed by atoms with Crippen LogP contribution >= 0.6 is 0 Å². The molecule has 0 N–H and O–H groups in total. The van der Waals surface area contributed by atoms with Crippen LogP contribution < -0.4 is 4.57 Å². The van der Waals surface area contributed by atoms with Crippen LogP contribution in [0.5, 0.6) is 0 Å². The molecule has 3 aliphatic rings. The van der Waals surface area contributed by atoms with E-state index >= 15 is 0 Å². The molecule has 8 heteroatoms. The molecular formula is C25H33N6O2+. The van der Waals surface area contributed by atoms with Gasteiger partial charge in [-0.05, 0) is 70.8 Å². The summed E-state index contributed by atoms with van der Waals surface area (Å²) in [5.74, 6) is 1.03. The normalized spacial score (nSPS) is 20.9. The topological polar surface area (TPSA) is 65.0 Å². The monoisotopic (exact) mass is 449 g/mol. The molecule has 0 spiro atoms. The molecule has 33 heavy (non-hydrogen) atoms. The van der Waals surface area contributed by atoms with E-state index in [-0.39, 0.29) is 11.9 Å². The second-order valence-corrected chi connectivity index (χ2v) is 9.50. The molecule has 2 fully saturated rings. The molecule has 4 heterocycles. The van der Waals surface area contributed by atoms with Crippen LogP contribution in [-0.4, -0.2) is 70.3 Å². The van der Waals surface area contributed by atoms with Crippen LogP contribution in [0.2, 0.25) is 0 Å². The van der Waals surface area contributed by atoms with Gasteiger partial charge in [0.15, 0.2) is 0 Å². The molecule has 174 valence electrons. The van der Waals surface area contributed by atoms with E-state index in [0.717, 1.165) is 36.7 Å². The summed E-state index contributed by atoms with van der Waals surface area (Å²) < 4.78 is 4.12. The number of aryl methyl sites for hydroxylation is 1. The molecule has 1 aromatic carbocycles. The lowest BCUT2D eigenvalue weighted by Crippen LogP contribution is -2.64. The number of likely N-dealkylation sites (N-methyl/N-ethyl adjacent to an activating group) is 1. The Morgan fingerprint density at radius 3 is 2.48 bits per heavy atom. The van der Waals surface area contributed by atoms with Crippen LogP contribution in [0.15, 0.2) is 23.2 Å². The number of nitrogens with zero attached hydrogens (tertiary/aromatic N) is 6. The zero-order valence-electron chi connectivity index (χ0n) is 20.3. The van der Waals surface area contributed by atoms with E-state index in [1.165, 1.54) is 35.3 Å². The largest absolute Gasteiger partial charge is 0.407 e. The first-order chi connectivity index (χ1) is 15.8. The fourth-order valence-electron chi connectivity index (χ4n) is 5.33. The van der Waals surface area contributed by atoms with Crippen molar-refractivity contribution in [3.8, 4) is 5.69 Å². The third kappa shape index (κ3) is 3.30. The van der Waals surface area contributed by atoms with Crippen molar-refractivity contribution in [2.24, 2.45) is 4.99 Å². The van der Waals surface area contributed by atoms with Crippen LogP contribution in [0.3, 0.4) is 0 Å². The number of amidine groups is 1. The number of benzene rings is 1. The molecule has 3 aliphatic heterocycles. The lowest BCUT2D eigenvalue weighted by molar-refractivity contribution is -0.682. The van der Waals surface area contributed by atoms with Crippen LogP contribution in [0.25, 0.3) is 5.69 Å². The van der Waals surface area contributed by atoms with Gasteiger partial charge in [-0.25, -0.2) is 9.36 Å². The van der Waals surface area contributed by atoms with Gasteiger partial charge in [-0.3, -0.25) is 14.6 Å². The van der Waals surface area contributed by atoms with Gasteiger partial charge in [0.05, 0.1) is 0 Å². The molecule has 0 radical (unpaired) electrons. The zero-order chi connectivity index (χ0) is 23.4. The van der Waals surface area contributed by atoms with Crippen LogP contribution in [0.1, 0.15) is 47.8 Å². The van der Waals surface area contributed by atoms with Gasteiger partial charge in [-0.1, -0.05) is 23.5 Å². The number of hydrogen-bond donors (Lipinski definition) is 0. The average molecular weight is 450 g/mol. The number of piperidine rings is 1. The maximum atomic E-state index is 13.7. The summed E-state index contributed by atoms with van der Waals surface area (Å²) in [4.78, 5) is 37.0. The Morgan fingerprint density at radius 1 is 1.03 bits per heavy atom. The van der Waals surface area contributed by atoms with Crippen LogP contribution in [-0.2, 0) is 4.79 Å². The predicted octanol–water partition coefficient (Wildman–Crippen LogP) is 2.96. The second kappa shape index (κ2) is 8.09. The van der Waals surface area contributed by atoms with E-state index < -0.39 is 6.04 Å². The molecule has 1 atom stereocenters. The minimum absolute atomic E-state index is 0.182. The fourth-order valence-corrected chi connectivity index (χ4v) is 5.33. The van der Waals surface area contributed by atoms with Gasteiger partial charge >= 0.3 is 12.0 Å². The summed E-state index contributed by atoms with van der Waals surface area (Å²) in [6, 6.07) is 5.33. The number of amides is 3. The highest BCUT2D eigenvalue weighted by Crippen LogP contribution is 2.34. The summed E-state index contributed by atoms with van der Waals surface area (Å²) in [6.45, 7) is 11.5. The van der Waals surface area contributed by atoms with Gasteiger partial charge in [0.25, 0.3) is 5.91 Å². The number of rotatable bonds is 4. The Hall–Kier alpha value is -3.00. The van der Waals surface area contributed by atoms with Crippen molar-refractivity contribution in [3.63, 3.8) is 0 Å². The minimum atomic E-state index is -0.603. The van der Waals surface area contributed by atoms with E-state index in [2.05, 4.69) is 42.4 Å². The molecule has 8 nitrogen and oxygen atoms in total. The third-order valence-electron chi connectivity index (χ3n) is 7.62. The highest BCUT2D eigenvalue weighted by atomic mass is 16.2. The molecular weight excluding hydrogens is 416 g/mol. The van der Waals surface area contributed by atoms with E-state index in [9.17, 15) is 9.59 Å². The van der Waals surface area contributed by atoms with Gasteiger partial charge < -0.3 is 4.90 Å². The molecule has 3 amide bonds. The molecule has 1 unspecified atom stereocenters. The van der Waals surface area contributed by atoms with Crippen molar-refractivity contribution in [1.82, 2.24) is 19.3 Å². The highest BCUT2D eigenvalue weighted by molar-refractivity contribution is 6.19. The lowest BCUT2D eigenvalue weighted by Gasteiger charge is -2.35. The quantitative estimate of drug-likeness (QED) is 0.674. The fraction of sp³-hybridized carbons (Fsp3) is 0.520. The number of imidazole rings is 1. The van der Waals surface area contributed by atoms with Gasteiger partial charge in [0, 0.05) is 20.1 Å². The summed E-state index contributed by atoms with van der Waals surface area (Å²) in [7, 11) is 1.73. The predicted molar refractivity (Wildman–Crippen MR) is 126 cm³/mol. The van der Waals surface area contributed by atoms with E-state index in [4.69, 9.17) is 4.99 Å². The van der Waals surface area contributed by atoms with Crippen molar-refractivity contribution in [3.05, 3.63) is 40.7 Å². The first kappa shape index (κ1) is 21.8.